The molecule has 1 aromatic carbocycles. The quantitative estimate of drug-likeness (QED) is 0.660. The maximum atomic E-state index is 3.40. The van der Waals surface area contributed by atoms with Crippen LogP contribution in [0.2, 0.25) is 0 Å². The second-order valence-electron chi connectivity index (χ2n) is 3.02. The van der Waals surface area contributed by atoms with Gasteiger partial charge in [0.25, 0.3) is 0 Å². The predicted octanol–water partition coefficient (Wildman–Crippen LogP) is 2.69. The van der Waals surface area contributed by atoms with Crippen molar-refractivity contribution in [2.75, 3.05) is 6.54 Å². The van der Waals surface area contributed by atoms with Gasteiger partial charge in [-0.1, -0.05) is 43.7 Å². The van der Waals surface area contributed by atoms with E-state index in [4.69, 9.17) is 0 Å². The van der Waals surface area contributed by atoms with Gasteiger partial charge in [0, 0.05) is 6.54 Å². The van der Waals surface area contributed by atoms with Crippen molar-refractivity contribution in [2.24, 2.45) is 0 Å². The summed E-state index contributed by atoms with van der Waals surface area (Å²) in [6.07, 6.45) is 2.54. The van der Waals surface area contributed by atoms with E-state index in [-0.39, 0.29) is 1.43 Å². The first kappa shape index (κ1) is 9.27. The molecular formula is C11H18N+. The standard InChI is InChI=1S/C11H17N/c1-2-3-9-12-10-11-7-5-4-6-8-11/h4-8,12H,2-3,9-10H2,1H3/p+1. The maximum absolute atomic E-state index is 3.40. The Balaban J connectivity index is 0.00000144. The van der Waals surface area contributed by atoms with Crippen molar-refractivity contribution in [3.8, 4) is 0 Å². The van der Waals surface area contributed by atoms with Gasteiger partial charge < -0.3 is 5.32 Å². The third-order valence-corrected chi connectivity index (χ3v) is 1.88. The molecule has 0 spiro atoms. The van der Waals surface area contributed by atoms with Crippen LogP contribution in [0.5, 0.6) is 0 Å². The Morgan fingerprint density at radius 2 is 2.00 bits per heavy atom. The molecule has 0 radical (unpaired) electrons. The highest BCUT2D eigenvalue weighted by atomic mass is 14.8. The summed E-state index contributed by atoms with van der Waals surface area (Å²) in [5.74, 6) is 0. The van der Waals surface area contributed by atoms with Crippen LogP contribution in [0.15, 0.2) is 30.3 Å². The Hall–Kier alpha value is -0.820. The summed E-state index contributed by atoms with van der Waals surface area (Å²) >= 11 is 0. The molecule has 12 heavy (non-hydrogen) atoms. The highest BCUT2D eigenvalue weighted by molar-refractivity contribution is 5.14. The lowest BCUT2D eigenvalue weighted by atomic mass is 10.2. The Bertz CT molecular complexity index is 199. The van der Waals surface area contributed by atoms with Crippen molar-refractivity contribution >= 4 is 0 Å². The van der Waals surface area contributed by atoms with E-state index in [0.29, 0.717) is 0 Å². The molecule has 0 bridgehead atoms. The molecule has 1 nitrogen and oxygen atoms in total. The Morgan fingerprint density at radius 1 is 1.25 bits per heavy atom. The van der Waals surface area contributed by atoms with Crippen LogP contribution in [0.3, 0.4) is 0 Å². The first-order valence-electron chi connectivity index (χ1n) is 4.68. The van der Waals surface area contributed by atoms with Crippen LogP contribution in [0.1, 0.15) is 26.8 Å². The van der Waals surface area contributed by atoms with Gasteiger partial charge in [-0.05, 0) is 18.5 Å². The fourth-order valence-corrected chi connectivity index (χ4v) is 1.13. The zero-order valence-corrected chi connectivity index (χ0v) is 7.72. The van der Waals surface area contributed by atoms with E-state index in [2.05, 4.69) is 42.6 Å². The van der Waals surface area contributed by atoms with Crippen LogP contribution in [0, 0.1) is 0 Å². The average Bonchev–Trinajstić information content (AvgIpc) is 2.14. The third kappa shape index (κ3) is 3.54. The fourth-order valence-electron chi connectivity index (χ4n) is 1.13. The first-order chi connectivity index (χ1) is 5.93. The van der Waals surface area contributed by atoms with Crippen LogP contribution in [0.4, 0.5) is 0 Å². The number of benzene rings is 1. The molecule has 1 aromatic rings. The van der Waals surface area contributed by atoms with E-state index in [9.17, 15) is 0 Å². The first-order valence-corrected chi connectivity index (χ1v) is 4.68. The van der Waals surface area contributed by atoms with Crippen LogP contribution < -0.4 is 5.32 Å². The molecule has 0 atom stereocenters. The highest BCUT2D eigenvalue weighted by Crippen LogP contribution is 1.97. The zero-order chi connectivity index (χ0) is 8.65. The summed E-state index contributed by atoms with van der Waals surface area (Å²) in [6.45, 7) is 4.34. The molecule has 0 heterocycles. The van der Waals surface area contributed by atoms with Gasteiger partial charge in [0.05, 0.1) is 0 Å². The van der Waals surface area contributed by atoms with Gasteiger partial charge in [0.15, 0.2) is 0 Å². The molecule has 66 valence electrons. The monoisotopic (exact) mass is 164 g/mol. The molecule has 0 aromatic heterocycles. The molecular weight excluding hydrogens is 146 g/mol. The molecule has 0 amide bonds. The number of hydrogen-bond donors (Lipinski definition) is 1. The van der Waals surface area contributed by atoms with E-state index in [1.807, 2.05) is 0 Å². The molecule has 0 fully saturated rings. The van der Waals surface area contributed by atoms with Crippen LogP contribution in [0.25, 0.3) is 0 Å². The second-order valence-corrected chi connectivity index (χ2v) is 3.02. The van der Waals surface area contributed by atoms with E-state index < -0.39 is 0 Å². The molecule has 0 saturated carbocycles. The Morgan fingerprint density at radius 3 is 2.67 bits per heavy atom. The van der Waals surface area contributed by atoms with E-state index in [1.54, 1.807) is 0 Å². The van der Waals surface area contributed by atoms with Gasteiger partial charge >= 0.3 is 1.43 Å². The smallest absolute Gasteiger partial charge is 0.313 e. The van der Waals surface area contributed by atoms with Crippen molar-refractivity contribution in [1.82, 2.24) is 5.32 Å². The molecule has 1 rings (SSSR count). The lowest BCUT2D eigenvalue weighted by molar-refractivity contribution is 0.641. The summed E-state index contributed by atoms with van der Waals surface area (Å²) in [4.78, 5) is 0. The molecule has 0 aliphatic heterocycles. The Kier molecular flexibility index (Phi) is 4.47. The summed E-state index contributed by atoms with van der Waals surface area (Å²) in [7, 11) is 0. The highest BCUT2D eigenvalue weighted by Gasteiger charge is 1.88. The minimum Gasteiger partial charge on any atom is -0.313 e. The number of unbranched alkanes of at least 4 members (excludes halogenated alkanes) is 1. The Labute approximate surface area is 76.3 Å². The molecule has 0 saturated heterocycles. The topological polar surface area (TPSA) is 12.0 Å². The molecule has 1 heteroatoms. The van der Waals surface area contributed by atoms with Gasteiger partial charge in [-0.3, -0.25) is 0 Å². The summed E-state index contributed by atoms with van der Waals surface area (Å²) in [5.41, 5.74) is 1.37. The van der Waals surface area contributed by atoms with E-state index >= 15 is 0 Å². The van der Waals surface area contributed by atoms with Crippen molar-refractivity contribution < 1.29 is 1.43 Å². The predicted molar refractivity (Wildman–Crippen MR) is 54.2 cm³/mol. The van der Waals surface area contributed by atoms with Crippen molar-refractivity contribution in [2.45, 2.75) is 26.3 Å². The van der Waals surface area contributed by atoms with Crippen LogP contribution in [-0.2, 0) is 6.54 Å². The molecule has 0 aliphatic carbocycles. The van der Waals surface area contributed by atoms with Crippen LogP contribution in [-0.4, -0.2) is 6.54 Å². The lowest BCUT2D eigenvalue weighted by Crippen LogP contribution is -2.14. The maximum Gasteiger partial charge on any atom is 1.00 e. The van der Waals surface area contributed by atoms with E-state index in [1.165, 1.54) is 18.4 Å². The zero-order valence-electron chi connectivity index (χ0n) is 8.72. The van der Waals surface area contributed by atoms with Crippen LogP contribution >= 0.6 is 0 Å². The normalized spacial score (nSPS) is 10.1. The van der Waals surface area contributed by atoms with Crippen molar-refractivity contribution in [3.05, 3.63) is 35.9 Å². The lowest BCUT2D eigenvalue weighted by Gasteiger charge is -2.02. The van der Waals surface area contributed by atoms with Gasteiger partial charge in [0.1, 0.15) is 0 Å². The summed E-state index contributed by atoms with van der Waals surface area (Å²) < 4.78 is 0. The summed E-state index contributed by atoms with van der Waals surface area (Å²) in [5, 5.41) is 3.40. The molecule has 0 aliphatic rings. The molecule has 0 unspecified atom stereocenters. The van der Waals surface area contributed by atoms with Crippen molar-refractivity contribution in [3.63, 3.8) is 0 Å². The largest absolute Gasteiger partial charge is 1.00 e. The van der Waals surface area contributed by atoms with Gasteiger partial charge in [-0.25, -0.2) is 0 Å². The SMILES string of the molecule is CCCCNCc1ccccc1.[H+]. The van der Waals surface area contributed by atoms with Gasteiger partial charge in [-0.2, -0.15) is 0 Å². The van der Waals surface area contributed by atoms with Gasteiger partial charge in [-0.15, -0.1) is 0 Å². The number of nitrogens with one attached hydrogen (secondary N) is 1. The molecule has 1 N–H and O–H groups in total. The summed E-state index contributed by atoms with van der Waals surface area (Å²) in [6, 6.07) is 10.5. The number of hydrogen-bond acceptors (Lipinski definition) is 1. The van der Waals surface area contributed by atoms with Gasteiger partial charge in [0.2, 0.25) is 0 Å². The van der Waals surface area contributed by atoms with E-state index in [0.717, 1.165) is 13.1 Å². The minimum absolute atomic E-state index is 0. The number of rotatable bonds is 5. The average molecular weight is 164 g/mol. The minimum atomic E-state index is 0. The van der Waals surface area contributed by atoms with Crippen molar-refractivity contribution in [1.29, 1.82) is 0 Å². The fraction of sp³-hybridized carbons (Fsp3) is 0.455. The second kappa shape index (κ2) is 5.78. The third-order valence-electron chi connectivity index (χ3n) is 1.88.